The van der Waals surface area contributed by atoms with Gasteiger partial charge in [0.2, 0.25) is 5.66 Å². The number of nitrogens with zero attached hydrogens (tertiary/aromatic N) is 1. The molecule has 3 aromatic rings. The van der Waals surface area contributed by atoms with Crippen molar-refractivity contribution >= 4 is 50.7 Å². The van der Waals surface area contributed by atoms with E-state index in [2.05, 4.69) is 26.6 Å². The predicted octanol–water partition coefficient (Wildman–Crippen LogP) is 4.66. The Morgan fingerprint density at radius 3 is 2.55 bits per heavy atom. The molecule has 3 aromatic carbocycles. The van der Waals surface area contributed by atoms with Crippen molar-refractivity contribution in [1.29, 1.82) is 0 Å². The van der Waals surface area contributed by atoms with E-state index in [1.165, 1.54) is 0 Å². The molecule has 5 nitrogen and oxygen atoms in total. The highest BCUT2D eigenvalue weighted by atomic mass is 79.9. The highest BCUT2D eigenvalue weighted by Crippen LogP contribution is 2.45. The minimum absolute atomic E-state index is 0.233. The zero-order valence-electron chi connectivity index (χ0n) is 15.1. The van der Waals surface area contributed by atoms with E-state index in [-0.39, 0.29) is 11.8 Å². The summed E-state index contributed by atoms with van der Waals surface area (Å²) in [7, 11) is 0. The summed E-state index contributed by atoms with van der Waals surface area (Å²) in [6.07, 6.45) is 0. The van der Waals surface area contributed by atoms with Crippen molar-refractivity contribution in [3.63, 3.8) is 0 Å². The van der Waals surface area contributed by atoms with Crippen molar-refractivity contribution in [2.45, 2.75) is 12.2 Å². The first-order chi connectivity index (χ1) is 14.0. The Kier molecular flexibility index (Phi) is 4.15. The molecule has 2 heterocycles. The van der Waals surface area contributed by atoms with Gasteiger partial charge in [-0.1, -0.05) is 63.9 Å². The van der Waals surface area contributed by atoms with Crippen LogP contribution in [-0.4, -0.2) is 11.8 Å². The Morgan fingerprint density at radius 2 is 1.76 bits per heavy atom. The SMILES string of the molecule is O=C1N[C@@]2(Nc3ccc(Cl)cc31)C(=O)N(Cc1ccccc1)c1cc(Br)ccc12. The van der Waals surface area contributed by atoms with Crippen molar-refractivity contribution in [2.75, 3.05) is 10.2 Å². The second-order valence-corrected chi connectivity index (χ2v) is 8.41. The van der Waals surface area contributed by atoms with Crippen LogP contribution in [0.2, 0.25) is 5.02 Å². The van der Waals surface area contributed by atoms with Gasteiger partial charge in [-0.05, 0) is 35.9 Å². The smallest absolute Gasteiger partial charge is 0.278 e. The normalized spacial score (nSPS) is 19.6. The number of rotatable bonds is 2. The maximum atomic E-state index is 13.7. The predicted molar refractivity (Wildman–Crippen MR) is 116 cm³/mol. The molecule has 0 aliphatic carbocycles. The summed E-state index contributed by atoms with van der Waals surface area (Å²) < 4.78 is 0.855. The van der Waals surface area contributed by atoms with Gasteiger partial charge in [-0.3, -0.25) is 9.59 Å². The van der Waals surface area contributed by atoms with Gasteiger partial charge in [-0.2, -0.15) is 0 Å². The molecular formula is C22H15BrClN3O2. The molecule has 2 aliphatic heterocycles. The summed E-state index contributed by atoms with van der Waals surface area (Å²) in [4.78, 5) is 28.3. The molecule has 7 heteroatoms. The molecule has 0 aromatic heterocycles. The van der Waals surface area contributed by atoms with Gasteiger partial charge in [-0.15, -0.1) is 0 Å². The Labute approximate surface area is 180 Å². The third kappa shape index (κ3) is 2.82. The molecule has 2 N–H and O–H groups in total. The number of hydrogen-bond donors (Lipinski definition) is 2. The van der Waals surface area contributed by atoms with Crippen LogP contribution in [0, 0.1) is 0 Å². The molecule has 1 atom stereocenters. The van der Waals surface area contributed by atoms with Gasteiger partial charge in [0, 0.05) is 20.7 Å². The van der Waals surface area contributed by atoms with E-state index in [4.69, 9.17) is 11.6 Å². The maximum absolute atomic E-state index is 13.7. The summed E-state index contributed by atoms with van der Waals surface area (Å²) in [5.74, 6) is -0.576. The molecule has 0 saturated heterocycles. The van der Waals surface area contributed by atoms with Gasteiger partial charge in [0.15, 0.2) is 0 Å². The molecule has 2 amide bonds. The number of hydrogen-bond acceptors (Lipinski definition) is 3. The van der Waals surface area contributed by atoms with Crippen LogP contribution in [0.5, 0.6) is 0 Å². The number of amides is 2. The fourth-order valence-electron chi connectivity index (χ4n) is 3.92. The first-order valence-corrected chi connectivity index (χ1v) is 10.2. The average Bonchev–Trinajstić information content (AvgIpc) is 2.91. The number of benzene rings is 3. The van der Waals surface area contributed by atoms with E-state index in [1.54, 1.807) is 23.1 Å². The van der Waals surface area contributed by atoms with E-state index in [0.717, 1.165) is 15.7 Å². The molecule has 0 bridgehead atoms. The highest BCUT2D eigenvalue weighted by molar-refractivity contribution is 9.10. The molecule has 29 heavy (non-hydrogen) atoms. The van der Waals surface area contributed by atoms with Crippen LogP contribution in [0.4, 0.5) is 11.4 Å². The van der Waals surface area contributed by atoms with Crippen LogP contribution in [0.25, 0.3) is 0 Å². The molecular weight excluding hydrogens is 454 g/mol. The van der Waals surface area contributed by atoms with Crippen molar-refractivity contribution in [3.05, 3.63) is 92.9 Å². The quantitative estimate of drug-likeness (QED) is 0.575. The number of carbonyl (C=O) groups is 2. The van der Waals surface area contributed by atoms with Crippen molar-refractivity contribution in [2.24, 2.45) is 0 Å². The van der Waals surface area contributed by atoms with Gasteiger partial charge in [0.05, 0.1) is 17.8 Å². The number of anilines is 2. The zero-order valence-corrected chi connectivity index (χ0v) is 17.4. The Hall–Kier alpha value is -2.83. The number of halogens is 2. The first-order valence-electron chi connectivity index (χ1n) is 9.04. The van der Waals surface area contributed by atoms with E-state index in [9.17, 15) is 9.59 Å². The van der Waals surface area contributed by atoms with Gasteiger partial charge < -0.3 is 15.5 Å². The Bertz CT molecular complexity index is 1170. The summed E-state index contributed by atoms with van der Waals surface area (Å²) in [5.41, 5.74) is 2.08. The van der Waals surface area contributed by atoms with Gasteiger partial charge >= 0.3 is 0 Å². The largest absolute Gasteiger partial charge is 0.350 e. The highest BCUT2D eigenvalue weighted by Gasteiger charge is 2.54. The standard InChI is InChI=1S/C22H15BrClN3O2/c23-14-6-8-17-19(10-14)27(12-13-4-2-1-3-5-13)21(29)22(17)25-18-9-7-15(24)11-16(18)20(28)26-22/h1-11,25H,12H2,(H,26,28)/t22-/m1/s1. The van der Waals surface area contributed by atoms with Crippen LogP contribution in [-0.2, 0) is 17.0 Å². The van der Waals surface area contributed by atoms with E-state index >= 15 is 0 Å². The molecule has 0 saturated carbocycles. The van der Waals surface area contributed by atoms with Crippen molar-refractivity contribution < 1.29 is 9.59 Å². The minimum Gasteiger partial charge on any atom is -0.350 e. The topological polar surface area (TPSA) is 61.4 Å². The molecule has 0 fully saturated rings. The summed E-state index contributed by atoms with van der Waals surface area (Å²) in [6.45, 7) is 0.399. The maximum Gasteiger partial charge on any atom is 0.278 e. The lowest BCUT2D eigenvalue weighted by atomic mass is 9.95. The van der Waals surface area contributed by atoms with Crippen LogP contribution in [0.3, 0.4) is 0 Å². The van der Waals surface area contributed by atoms with Gasteiger partial charge in [0.1, 0.15) is 0 Å². The number of fused-ring (bicyclic) bond motifs is 3. The van der Waals surface area contributed by atoms with E-state index in [0.29, 0.717) is 28.4 Å². The summed E-state index contributed by atoms with van der Waals surface area (Å²) >= 11 is 9.54. The van der Waals surface area contributed by atoms with Gasteiger partial charge in [0.25, 0.3) is 11.8 Å². The van der Waals surface area contributed by atoms with Crippen LogP contribution in [0.15, 0.2) is 71.2 Å². The number of nitrogens with one attached hydrogen (secondary N) is 2. The van der Waals surface area contributed by atoms with Crippen molar-refractivity contribution in [1.82, 2.24) is 5.32 Å². The fraction of sp³-hybridized carbons (Fsp3) is 0.0909. The monoisotopic (exact) mass is 467 g/mol. The van der Waals surface area contributed by atoms with E-state index < -0.39 is 5.66 Å². The molecule has 0 unspecified atom stereocenters. The molecule has 5 rings (SSSR count). The second kappa shape index (κ2) is 6.61. The molecule has 1 spiro atoms. The van der Waals surface area contributed by atoms with Crippen LogP contribution in [0.1, 0.15) is 21.5 Å². The Morgan fingerprint density at radius 1 is 0.966 bits per heavy atom. The molecule has 144 valence electrons. The minimum atomic E-state index is -1.36. The van der Waals surface area contributed by atoms with E-state index in [1.807, 2.05) is 48.5 Å². The van der Waals surface area contributed by atoms with Crippen LogP contribution >= 0.6 is 27.5 Å². The third-order valence-electron chi connectivity index (χ3n) is 5.25. The first kappa shape index (κ1) is 18.2. The lowest BCUT2D eigenvalue weighted by Gasteiger charge is -2.36. The average molecular weight is 469 g/mol. The molecule has 2 aliphatic rings. The second-order valence-electron chi connectivity index (χ2n) is 7.06. The fourth-order valence-corrected chi connectivity index (χ4v) is 4.44. The summed E-state index contributed by atoms with van der Waals surface area (Å²) in [6, 6.07) is 20.4. The Balaban J connectivity index is 1.64. The molecule has 0 radical (unpaired) electrons. The number of carbonyl (C=O) groups excluding carboxylic acids is 2. The zero-order chi connectivity index (χ0) is 20.2. The van der Waals surface area contributed by atoms with Crippen molar-refractivity contribution in [3.8, 4) is 0 Å². The third-order valence-corrected chi connectivity index (χ3v) is 5.98. The lowest BCUT2D eigenvalue weighted by Crippen LogP contribution is -2.60. The van der Waals surface area contributed by atoms with Crippen LogP contribution < -0.4 is 15.5 Å². The van der Waals surface area contributed by atoms with Gasteiger partial charge in [-0.25, -0.2) is 0 Å². The summed E-state index contributed by atoms with van der Waals surface area (Å²) in [5, 5.41) is 6.64. The lowest BCUT2D eigenvalue weighted by molar-refractivity contribution is -0.123.